The molecule has 0 spiro atoms. The molecular formula is C14H24N2O3S. The van der Waals surface area contributed by atoms with E-state index >= 15 is 0 Å². The molecule has 1 fully saturated rings. The van der Waals surface area contributed by atoms with Crippen molar-refractivity contribution in [3.05, 3.63) is 16.1 Å². The number of ether oxygens (including phenoxy) is 1. The third-order valence-electron chi connectivity index (χ3n) is 3.80. The molecule has 2 rings (SSSR count). The average Bonchev–Trinajstić information content (AvgIpc) is 3.11. The van der Waals surface area contributed by atoms with Crippen molar-refractivity contribution in [2.24, 2.45) is 5.41 Å². The first-order valence-corrected chi connectivity index (χ1v) is 7.99. The van der Waals surface area contributed by atoms with E-state index in [-0.39, 0.29) is 12.0 Å². The molecule has 0 bridgehead atoms. The number of hydrogen-bond acceptors (Lipinski definition) is 6. The van der Waals surface area contributed by atoms with E-state index in [0.29, 0.717) is 19.8 Å². The first-order chi connectivity index (χ1) is 9.65. The van der Waals surface area contributed by atoms with Crippen LogP contribution in [0.2, 0.25) is 0 Å². The molecule has 1 aromatic rings. The van der Waals surface area contributed by atoms with E-state index in [0.717, 1.165) is 31.5 Å². The maximum Gasteiger partial charge on any atom is 0.0897 e. The first-order valence-electron chi connectivity index (χ1n) is 7.11. The van der Waals surface area contributed by atoms with Crippen molar-refractivity contribution in [3.8, 4) is 0 Å². The summed E-state index contributed by atoms with van der Waals surface area (Å²) < 4.78 is 5.49. The van der Waals surface area contributed by atoms with Gasteiger partial charge < -0.3 is 20.3 Å². The van der Waals surface area contributed by atoms with Crippen LogP contribution < -0.4 is 5.32 Å². The molecule has 114 valence electrons. The number of aromatic nitrogens is 1. The zero-order valence-electron chi connectivity index (χ0n) is 12.0. The summed E-state index contributed by atoms with van der Waals surface area (Å²) in [5.74, 6) is 0. The predicted octanol–water partition coefficient (Wildman–Crippen LogP) is 0.734. The number of nitrogens with one attached hydrogen (secondary N) is 1. The summed E-state index contributed by atoms with van der Waals surface area (Å²) >= 11 is 1.64. The first kappa shape index (κ1) is 15.9. The van der Waals surface area contributed by atoms with Gasteiger partial charge in [-0.1, -0.05) is 0 Å². The smallest absolute Gasteiger partial charge is 0.0897 e. The zero-order valence-corrected chi connectivity index (χ0v) is 12.8. The van der Waals surface area contributed by atoms with Crippen LogP contribution in [0, 0.1) is 12.3 Å². The van der Waals surface area contributed by atoms with Crippen LogP contribution in [-0.4, -0.2) is 54.2 Å². The standard InChI is InChI=1S/C14H24N2O3S/c1-11-13(20-10-16-11)2-5-19-7-12(18)6-15-8-14(9-17)3-4-14/h10,12,15,17-18H,2-9H2,1H3. The van der Waals surface area contributed by atoms with Gasteiger partial charge >= 0.3 is 0 Å². The topological polar surface area (TPSA) is 74.6 Å². The summed E-state index contributed by atoms with van der Waals surface area (Å²) in [5, 5.41) is 22.2. The molecule has 0 saturated heterocycles. The number of thiazole rings is 1. The SMILES string of the molecule is Cc1ncsc1CCOCC(O)CNCC1(CO)CC1. The molecule has 5 nitrogen and oxygen atoms in total. The van der Waals surface area contributed by atoms with Crippen LogP contribution in [0.4, 0.5) is 0 Å². The Bertz CT molecular complexity index is 407. The zero-order chi connectivity index (χ0) is 14.4. The van der Waals surface area contributed by atoms with Gasteiger partial charge in [0, 0.05) is 36.4 Å². The van der Waals surface area contributed by atoms with Crippen molar-refractivity contribution in [1.29, 1.82) is 0 Å². The normalized spacial score (nSPS) is 18.1. The van der Waals surface area contributed by atoms with Gasteiger partial charge in [0.25, 0.3) is 0 Å². The average molecular weight is 300 g/mol. The second-order valence-corrected chi connectivity index (χ2v) is 6.57. The van der Waals surface area contributed by atoms with E-state index in [1.807, 2.05) is 12.4 Å². The van der Waals surface area contributed by atoms with Crippen molar-refractivity contribution in [1.82, 2.24) is 10.3 Å². The number of aliphatic hydroxyl groups excluding tert-OH is 2. The quantitative estimate of drug-likeness (QED) is 0.556. The molecule has 1 unspecified atom stereocenters. The van der Waals surface area contributed by atoms with Gasteiger partial charge in [0.2, 0.25) is 0 Å². The minimum absolute atomic E-state index is 0.0876. The maximum absolute atomic E-state index is 9.79. The van der Waals surface area contributed by atoms with Gasteiger partial charge in [-0.15, -0.1) is 11.3 Å². The number of hydrogen-bond donors (Lipinski definition) is 3. The van der Waals surface area contributed by atoms with Crippen LogP contribution in [0.15, 0.2) is 5.51 Å². The van der Waals surface area contributed by atoms with Crippen molar-refractivity contribution >= 4 is 11.3 Å². The third kappa shape index (κ3) is 4.79. The fraction of sp³-hybridized carbons (Fsp3) is 0.786. The van der Waals surface area contributed by atoms with Gasteiger partial charge in [-0.3, -0.25) is 0 Å². The van der Waals surface area contributed by atoms with Crippen molar-refractivity contribution in [2.75, 3.05) is 32.9 Å². The van der Waals surface area contributed by atoms with Gasteiger partial charge in [-0.25, -0.2) is 4.98 Å². The molecule has 3 N–H and O–H groups in total. The summed E-state index contributed by atoms with van der Waals surface area (Å²) in [6, 6.07) is 0. The van der Waals surface area contributed by atoms with Crippen molar-refractivity contribution < 1.29 is 14.9 Å². The van der Waals surface area contributed by atoms with Crippen LogP contribution in [0.1, 0.15) is 23.4 Å². The minimum atomic E-state index is -0.493. The van der Waals surface area contributed by atoms with Crippen LogP contribution in [0.5, 0.6) is 0 Å². The number of nitrogens with zero attached hydrogens (tertiary/aromatic N) is 1. The predicted molar refractivity (Wildman–Crippen MR) is 79.0 cm³/mol. The summed E-state index contributed by atoms with van der Waals surface area (Å²) in [6.45, 7) is 4.49. The molecule has 0 radical (unpaired) electrons. The summed E-state index contributed by atoms with van der Waals surface area (Å²) in [7, 11) is 0. The van der Waals surface area contributed by atoms with Crippen LogP contribution in [-0.2, 0) is 11.2 Å². The molecule has 1 atom stereocenters. The summed E-state index contributed by atoms with van der Waals surface area (Å²) in [5.41, 5.74) is 3.00. The molecule has 0 amide bonds. The Hall–Kier alpha value is -0.530. The lowest BCUT2D eigenvalue weighted by Crippen LogP contribution is -2.35. The van der Waals surface area contributed by atoms with E-state index in [1.165, 1.54) is 4.88 Å². The number of aliphatic hydroxyl groups is 2. The molecule has 6 heteroatoms. The van der Waals surface area contributed by atoms with Gasteiger partial charge in [0.1, 0.15) is 0 Å². The van der Waals surface area contributed by atoms with Crippen LogP contribution in [0.3, 0.4) is 0 Å². The lowest BCUT2D eigenvalue weighted by Gasteiger charge is -2.16. The largest absolute Gasteiger partial charge is 0.396 e. The molecule has 20 heavy (non-hydrogen) atoms. The van der Waals surface area contributed by atoms with E-state index in [1.54, 1.807) is 11.3 Å². The van der Waals surface area contributed by atoms with Crippen molar-refractivity contribution in [3.63, 3.8) is 0 Å². The molecule has 1 aliphatic rings. The highest BCUT2D eigenvalue weighted by Crippen LogP contribution is 2.44. The summed E-state index contributed by atoms with van der Waals surface area (Å²) in [6.07, 6.45) is 2.52. The van der Waals surface area contributed by atoms with Gasteiger partial charge in [0.15, 0.2) is 0 Å². The fourth-order valence-corrected chi connectivity index (χ4v) is 2.84. The second kappa shape index (κ2) is 7.47. The van der Waals surface area contributed by atoms with Crippen LogP contribution >= 0.6 is 11.3 Å². The van der Waals surface area contributed by atoms with Gasteiger partial charge in [-0.2, -0.15) is 0 Å². The van der Waals surface area contributed by atoms with E-state index in [4.69, 9.17) is 4.74 Å². The molecule has 1 aromatic heterocycles. The van der Waals surface area contributed by atoms with Crippen LogP contribution in [0.25, 0.3) is 0 Å². The molecule has 1 aliphatic carbocycles. The second-order valence-electron chi connectivity index (χ2n) is 5.63. The highest BCUT2D eigenvalue weighted by molar-refractivity contribution is 7.09. The Morgan fingerprint density at radius 1 is 1.55 bits per heavy atom. The molecule has 1 heterocycles. The highest BCUT2D eigenvalue weighted by Gasteiger charge is 2.41. The van der Waals surface area contributed by atoms with E-state index in [2.05, 4.69) is 10.3 Å². The summed E-state index contributed by atoms with van der Waals surface area (Å²) in [4.78, 5) is 5.44. The molecule has 1 saturated carbocycles. The Balaban J connectivity index is 1.50. The Labute approximate surface area is 124 Å². The Morgan fingerprint density at radius 2 is 2.35 bits per heavy atom. The van der Waals surface area contributed by atoms with E-state index < -0.39 is 6.10 Å². The molecular weight excluding hydrogens is 276 g/mol. The third-order valence-corrected chi connectivity index (χ3v) is 4.80. The Kier molecular flexibility index (Phi) is 5.92. The number of aryl methyl sites for hydroxylation is 1. The minimum Gasteiger partial charge on any atom is -0.396 e. The fourth-order valence-electron chi connectivity index (χ4n) is 2.08. The van der Waals surface area contributed by atoms with Gasteiger partial charge in [-0.05, 0) is 19.8 Å². The Morgan fingerprint density at radius 3 is 2.95 bits per heavy atom. The highest BCUT2D eigenvalue weighted by atomic mass is 32.1. The molecule has 0 aromatic carbocycles. The monoisotopic (exact) mass is 300 g/mol. The van der Waals surface area contributed by atoms with E-state index in [9.17, 15) is 10.2 Å². The lowest BCUT2D eigenvalue weighted by atomic mass is 10.1. The maximum atomic E-state index is 9.79. The van der Waals surface area contributed by atoms with Gasteiger partial charge in [0.05, 0.1) is 30.5 Å². The molecule has 0 aliphatic heterocycles. The van der Waals surface area contributed by atoms with Crippen molar-refractivity contribution in [2.45, 2.75) is 32.3 Å². The lowest BCUT2D eigenvalue weighted by molar-refractivity contribution is 0.0374. The number of rotatable bonds is 10.